The second kappa shape index (κ2) is 7.86. The third-order valence-corrected chi connectivity index (χ3v) is 3.64. The van der Waals surface area contributed by atoms with Crippen LogP contribution in [0.2, 0.25) is 0 Å². The highest BCUT2D eigenvalue weighted by atomic mass is 79.9. The van der Waals surface area contributed by atoms with Crippen LogP contribution in [0.15, 0.2) is 34.8 Å². The molecule has 0 spiro atoms. The largest absolute Gasteiger partial charge is 0.468 e. The molecule has 1 aromatic heterocycles. The summed E-state index contributed by atoms with van der Waals surface area (Å²) in [5, 5.41) is 9.31. The zero-order valence-corrected chi connectivity index (χ0v) is 14.4. The zero-order chi connectivity index (χ0) is 16.8. The minimum atomic E-state index is -0.182. The second-order valence-corrected chi connectivity index (χ2v) is 5.78. The zero-order valence-electron chi connectivity index (χ0n) is 12.8. The SMILES string of the molecule is COCc1cc(C)nc(OCC(=O)c2ccc(Br)cc2)c1C#N. The fourth-order valence-electron chi connectivity index (χ4n) is 2.06. The summed E-state index contributed by atoms with van der Waals surface area (Å²) in [5.74, 6) is -0.0250. The van der Waals surface area contributed by atoms with E-state index in [1.165, 1.54) is 0 Å². The Labute approximate surface area is 143 Å². The second-order valence-electron chi connectivity index (χ2n) is 4.87. The molecule has 118 valence electrons. The lowest BCUT2D eigenvalue weighted by Crippen LogP contribution is -2.14. The van der Waals surface area contributed by atoms with Crippen molar-refractivity contribution in [2.45, 2.75) is 13.5 Å². The Morgan fingerprint density at radius 1 is 1.35 bits per heavy atom. The number of pyridine rings is 1. The molecule has 2 aromatic rings. The van der Waals surface area contributed by atoms with E-state index in [0.29, 0.717) is 22.4 Å². The predicted octanol–water partition coefficient (Wildman–Crippen LogP) is 3.43. The highest BCUT2D eigenvalue weighted by Crippen LogP contribution is 2.21. The Kier molecular flexibility index (Phi) is 5.85. The first kappa shape index (κ1) is 17.1. The number of methoxy groups -OCH3 is 1. The Bertz CT molecular complexity index is 752. The minimum Gasteiger partial charge on any atom is -0.468 e. The maximum Gasteiger partial charge on any atom is 0.232 e. The molecule has 0 fully saturated rings. The van der Waals surface area contributed by atoms with Gasteiger partial charge in [-0.15, -0.1) is 0 Å². The highest BCUT2D eigenvalue weighted by molar-refractivity contribution is 9.10. The van der Waals surface area contributed by atoms with Gasteiger partial charge in [-0.1, -0.05) is 28.1 Å². The summed E-state index contributed by atoms with van der Waals surface area (Å²) in [6.45, 7) is 1.90. The van der Waals surface area contributed by atoms with Crippen molar-refractivity contribution in [2.75, 3.05) is 13.7 Å². The van der Waals surface area contributed by atoms with Crippen LogP contribution in [0.4, 0.5) is 0 Å². The lowest BCUT2D eigenvalue weighted by molar-refractivity contribution is 0.0917. The van der Waals surface area contributed by atoms with Crippen LogP contribution < -0.4 is 4.74 Å². The van der Waals surface area contributed by atoms with Gasteiger partial charge in [0.2, 0.25) is 5.88 Å². The molecule has 23 heavy (non-hydrogen) atoms. The molecule has 0 unspecified atom stereocenters. The third kappa shape index (κ3) is 4.38. The number of carbonyl (C=O) groups is 1. The molecule has 0 aliphatic heterocycles. The quantitative estimate of drug-likeness (QED) is 0.724. The summed E-state index contributed by atoms with van der Waals surface area (Å²) in [5.41, 5.74) is 2.22. The van der Waals surface area contributed by atoms with Gasteiger partial charge in [0.1, 0.15) is 11.6 Å². The Morgan fingerprint density at radius 3 is 2.65 bits per heavy atom. The topological polar surface area (TPSA) is 72.2 Å². The molecule has 0 N–H and O–H groups in total. The monoisotopic (exact) mass is 374 g/mol. The number of ether oxygens (including phenoxy) is 2. The van der Waals surface area contributed by atoms with E-state index in [2.05, 4.69) is 27.0 Å². The summed E-state index contributed by atoms with van der Waals surface area (Å²) in [6, 6.07) is 10.8. The van der Waals surface area contributed by atoms with Crippen LogP contribution in [0.3, 0.4) is 0 Å². The average Bonchev–Trinajstić information content (AvgIpc) is 2.53. The first-order chi connectivity index (χ1) is 11.0. The first-order valence-electron chi connectivity index (χ1n) is 6.86. The van der Waals surface area contributed by atoms with Crippen LogP contribution >= 0.6 is 15.9 Å². The van der Waals surface area contributed by atoms with Gasteiger partial charge in [-0.25, -0.2) is 4.98 Å². The van der Waals surface area contributed by atoms with Gasteiger partial charge < -0.3 is 9.47 Å². The number of aromatic nitrogens is 1. The van der Waals surface area contributed by atoms with Gasteiger partial charge in [-0.2, -0.15) is 5.26 Å². The van der Waals surface area contributed by atoms with Gasteiger partial charge in [0.25, 0.3) is 0 Å². The van der Waals surface area contributed by atoms with Gasteiger partial charge in [0.05, 0.1) is 6.61 Å². The fourth-order valence-corrected chi connectivity index (χ4v) is 2.32. The number of nitrogens with zero attached hydrogens (tertiary/aromatic N) is 2. The van der Waals surface area contributed by atoms with E-state index in [1.807, 2.05) is 0 Å². The van der Waals surface area contributed by atoms with Crippen LogP contribution in [0.25, 0.3) is 0 Å². The number of rotatable bonds is 6. The molecule has 1 aromatic carbocycles. The van der Waals surface area contributed by atoms with Gasteiger partial charge in [-0.3, -0.25) is 4.79 Å². The van der Waals surface area contributed by atoms with Crippen LogP contribution in [-0.4, -0.2) is 24.5 Å². The fraction of sp³-hybridized carbons (Fsp3) is 0.235. The highest BCUT2D eigenvalue weighted by Gasteiger charge is 2.15. The van der Waals surface area contributed by atoms with Crippen molar-refractivity contribution < 1.29 is 14.3 Å². The van der Waals surface area contributed by atoms with Crippen molar-refractivity contribution >= 4 is 21.7 Å². The van der Waals surface area contributed by atoms with Crippen molar-refractivity contribution in [3.8, 4) is 11.9 Å². The smallest absolute Gasteiger partial charge is 0.232 e. The molecule has 0 saturated heterocycles. The average molecular weight is 375 g/mol. The summed E-state index contributed by atoms with van der Waals surface area (Å²) < 4.78 is 11.5. The normalized spacial score (nSPS) is 10.2. The predicted molar refractivity (Wildman–Crippen MR) is 88.4 cm³/mol. The van der Waals surface area contributed by atoms with Crippen LogP contribution in [0.5, 0.6) is 5.88 Å². The van der Waals surface area contributed by atoms with Crippen molar-refractivity contribution in [3.63, 3.8) is 0 Å². The molecule has 0 radical (unpaired) electrons. The summed E-state index contributed by atoms with van der Waals surface area (Å²) in [4.78, 5) is 16.4. The van der Waals surface area contributed by atoms with E-state index in [-0.39, 0.29) is 24.9 Å². The van der Waals surface area contributed by atoms with Crippen LogP contribution in [0, 0.1) is 18.3 Å². The van der Waals surface area contributed by atoms with E-state index in [9.17, 15) is 10.1 Å². The summed E-state index contributed by atoms with van der Waals surface area (Å²) >= 11 is 3.32. The summed E-state index contributed by atoms with van der Waals surface area (Å²) in [7, 11) is 1.55. The number of Topliss-reactive ketones (excluding diaryl/α,β-unsaturated/α-hetero) is 1. The number of benzene rings is 1. The standard InChI is InChI=1S/C17H15BrN2O3/c1-11-7-13(9-22-2)15(8-19)17(20-11)23-10-16(21)12-3-5-14(18)6-4-12/h3-7H,9-10H2,1-2H3. The Balaban J connectivity index is 2.18. The van der Waals surface area contributed by atoms with Gasteiger partial charge in [0.15, 0.2) is 12.4 Å². The molecular formula is C17H15BrN2O3. The van der Waals surface area contributed by atoms with E-state index < -0.39 is 0 Å². The minimum absolute atomic E-state index is 0.157. The molecule has 0 bridgehead atoms. The number of hydrogen-bond acceptors (Lipinski definition) is 5. The van der Waals surface area contributed by atoms with E-state index >= 15 is 0 Å². The summed E-state index contributed by atoms with van der Waals surface area (Å²) in [6.07, 6.45) is 0. The van der Waals surface area contributed by atoms with Crippen molar-refractivity contribution in [3.05, 3.63) is 57.2 Å². The number of aryl methyl sites for hydroxylation is 1. The molecular weight excluding hydrogens is 360 g/mol. The molecule has 0 atom stereocenters. The molecule has 0 aliphatic rings. The van der Waals surface area contributed by atoms with Gasteiger partial charge in [0, 0.05) is 28.4 Å². The Morgan fingerprint density at radius 2 is 2.04 bits per heavy atom. The lowest BCUT2D eigenvalue weighted by atomic mass is 10.1. The maximum absolute atomic E-state index is 12.1. The molecule has 0 amide bonds. The Hall–Kier alpha value is -2.23. The molecule has 2 rings (SSSR count). The van der Waals surface area contributed by atoms with Crippen molar-refractivity contribution in [2.24, 2.45) is 0 Å². The van der Waals surface area contributed by atoms with Crippen molar-refractivity contribution in [1.29, 1.82) is 5.26 Å². The number of nitriles is 1. The third-order valence-electron chi connectivity index (χ3n) is 3.11. The number of hydrogen-bond donors (Lipinski definition) is 0. The van der Waals surface area contributed by atoms with Gasteiger partial charge in [-0.05, 0) is 25.1 Å². The number of halogens is 1. The molecule has 1 heterocycles. The number of ketones is 1. The van der Waals surface area contributed by atoms with Crippen LogP contribution in [0.1, 0.15) is 27.2 Å². The van der Waals surface area contributed by atoms with Crippen molar-refractivity contribution in [1.82, 2.24) is 4.98 Å². The van der Waals surface area contributed by atoms with Gasteiger partial charge >= 0.3 is 0 Å². The van der Waals surface area contributed by atoms with E-state index in [0.717, 1.165) is 4.47 Å². The molecule has 0 aliphatic carbocycles. The first-order valence-corrected chi connectivity index (χ1v) is 7.65. The molecule has 6 heteroatoms. The van der Waals surface area contributed by atoms with E-state index in [1.54, 1.807) is 44.4 Å². The van der Waals surface area contributed by atoms with Crippen LogP contribution in [-0.2, 0) is 11.3 Å². The maximum atomic E-state index is 12.1. The lowest BCUT2D eigenvalue weighted by Gasteiger charge is -2.11. The molecule has 5 nitrogen and oxygen atoms in total. The number of carbonyl (C=O) groups excluding carboxylic acids is 1. The molecule has 0 saturated carbocycles. The van der Waals surface area contributed by atoms with E-state index in [4.69, 9.17) is 9.47 Å².